The normalized spacial score (nSPS) is 10.9. The Morgan fingerprint density at radius 1 is 1.14 bits per heavy atom. The predicted molar refractivity (Wildman–Crippen MR) is 113 cm³/mol. The first-order valence-electron chi connectivity index (χ1n) is 8.50. The van der Waals surface area contributed by atoms with Crippen molar-refractivity contribution in [1.82, 2.24) is 14.8 Å². The van der Waals surface area contributed by atoms with Gasteiger partial charge in [-0.25, -0.2) is 4.98 Å². The number of aryl methyl sites for hydroxylation is 1. The van der Waals surface area contributed by atoms with Gasteiger partial charge in [-0.05, 0) is 36.8 Å². The molecule has 0 radical (unpaired) electrons. The summed E-state index contributed by atoms with van der Waals surface area (Å²) in [6.07, 6.45) is 4.53. The first-order chi connectivity index (χ1) is 13.9. The van der Waals surface area contributed by atoms with Gasteiger partial charge in [0.2, 0.25) is 5.91 Å². The summed E-state index contributed by atoms with van der Waals surface area (Å²) in [4.78, 5) is 16.6. The molecule has 2 heterocycles. The van der Waals surface area contributed by atoms with Crippen LogP contribution in [0.3, 0.4) is 0 Å². The van der Waals surface area contributed by atoms with Crippen LogP contribution in [-0.2, 0) is 4.79 Å². The van der Waals surface area contributed by atoms with Crippen molar-refractivity contribution >= 4 is 41.0 Å². The Morgan fingerprint density at radius 2 is 1.90 bits per heavy atom. The SMILES string of the molecule is COc1ccc(/C=C/C(=O)Nc2cc(C)nn2-c2ncc(Cl)cc2Cl)cc1OC. The van der Waals surface area contributed by atoms with Gasteiger partial charge in [-0.1, -0.05) is 29.3 Å². The first-order valence-corrected chi connectivity index (χ1v) is 9.26. The number of amides is 1. The van der Waals surface area contributed by atoms with E-state index in [1.165, 1.54) is 17.0 Å². The average molecular weight is 433 g/mol. The van der Waals surface area contributed by atoms with Crippen molar-refractivity contribution in [1.29, 1.82) is 0 Å². The molecule has 0 aliphatic carbocycles. The van der Waals surface area contributed by atoms with Crippen LogP contribution in [-0.4, -0.2) is 34.9 Å². The van der Waals surface area contributed by atoms with Gasteiger partial charge in [-0.3, -0.25) is 4.79 Å². The van der Waals surface area contributed by atoms with E-state index < -0.39 is 0 Å². The van der Waals surface area contributed by atoms with Gasteiger partial charge >= 0.3 is 0 Å². The minimum absolute atomic E-state index is 0.317. The highest BCUT2D eigenvalue weighted by Gasteiger charge is 2.14. The van der Waals surface area contributed by atoms with Gasteiger partial charge in [-0.15, -0.1) is 0 Å². The van der Waals surface area contributed by atoms with E-state index in [-0.39, 0.29) is 5.91 Å². The van der Waals surface area contributed by atoms with Crippen LogP contribution in [0.15, 0.2) is 42.6 Å². The number of aromatic nitrogens is 3. The number of carbonyl (C=O) groups excluding carboxylic acids is 1. The van der Waals surface area contributed by atoms with Crippen LogP contribution in [0.25, 0.3) is 11.9 Å². The maximum absolute atomic E-state index is 12.4. The van der Waals surface area contributed by atoms with Crippen LogP contribution in [0.1, 0.15) is 11.3 Å². The van der Waals surface area contributed by atoms with Crippen LogP contribution in [0.4, 0.5) is 5.82 Å². The van der Waals surface area contributed by atoms with Crippen molar-refractivity contribution in [2.45, 2.75) is 6.92 Å². The van der Waals surface area contributed by atoms with Crippen molar-refractivity contribution in [2.75, 3.05) is 19.5 Å². The minimum Gasteiger partial charge on any atom is -0.493 e. The molecule has 0 aliphatic rings. The zero-order valence-corrected chi connectivity index (χ0v) is 17.5. The molecule has 0 saturated carbocycles. The number of methoxy groups -OCH3 is 2. The third-order valence-electron chi connectivity index (χ3n) is 3.91. The summed E-state index contributed by atoms with van der Waals surface area (Å²) in [5.74, 6) is 1.64. The summed E-state index contributed by atoms with van der Waals surface area (Å²) in [5.41, 5.74) is 1.47. The zero-order valence-electron chi connectivity index (χ0n) is 15.9. The second kappa shape index (κ2) is 8.98. The van der Waals surface area contributed by atoms with Crippen LogP contribution >= 0.6 is 23.2 Å². The molecule has 0 bridgehead atoms. The van der Waals surface area contributed by atoms with Crippen LogP contribution < -0.4 is 14.8 Å². The van der Waals surface area contributed by atoms with Gasteiger partial charge in [0.25, 0.3) is 0 Å². The number of nitrogens with one attached hydrogen (secondary N) is 1. The first kappa shape index (κ1) is 20.7. The number of rotatable bonds is 6. The molecule has 7 nitrogen and oxygen atoms in total. The van der Waals surface area contributed by atoms with Gasteiger partial charge in [0.15, 0.2) is 17.3 Å². The van der Waals surface area contributed by atoms with Crippen LogP contribution in [0, 0.1) is 6.92 Å². The largest absolute Gasteiger partial charge is 0.493 e. The smallest absolute Gasteiger partial charge is 0.249 e. The molecule has 3 aromatic rings. The van der Waals surface area contributed by atoms with Crippen molar-refractivity contribution in [2.24, 2.45) is 0 Å². The summed E-state index contributed by atoms with van der Waals surface area (Å²) in [7, 11) is 3.12. The molecule has 3 rings (SSSR count). The van der Waals surface area contributed by atoms with Crippen molar-refractivity contribution in [3.05, 3.63) is 63.9 Å². The molecule has 0 saturated heterocycles. The Kier molecular flexibility index (Phi) is 6.41. The molecule has 9 heteroatoms. The highest BCUT2D eigenvalue weighted by molar-refractivity contribution is 6.35. The molecule has 0 atom stereocenters. The summed E-state index contributed by atoms with van der Waals surface area (Å²) in [6.45, 7) is 1.80. The Hall–Kier alpha value is -3.03. The van der Waals surface area contributed by atoms with E-state index in [2.05, 4.69) is 15.4 Å². The predicted octanol–water partition coefficient (Wildman–Crippen LogP) is 4.55. The second-order valence-electron chi connectivity index (χ2n) is 5.98. The molecule has 150 valence electrons. The third kappa shape index (κ3) is 4.88. The third-order valence-corrected chi connectivity index (χ3v) is 4.39. The van der Waals surface area contributed by atoms with Gasteiger partial charge in [-0.2, -0.15) is 9.78 Å². The monoisotopic (exact) mass is 432 g/mol. The maximum atomic E-state index is 12.4. The van der Waals surface area contributed by atoms with E-state index >= 15 is 0 Å². The lowest BCUT2D eigenvalue weighted by Gasteiger charge is -2.09. The molecular formula is C20H18Cl2N4O3. The molecule has 1 aromatic carbocycles. The Labute approximate surface area is 177 Å². The van der Waals surface area contributed by atoms with E-state index in [0.29, 0.717) is 38.9 Å². The van der Waals surface area contributed by atoms with Crippen molar-refractivity contribution in [3.8, 4) is 17.3 Å². The topological polar surface area (TPSA) is 78.3 Å². The number of pyridine rings is 1. The Balaban J connectivity index is 1.80. The number of anilines is 1. The molecule has 1 N–H and O–H groups in total. The quantitative estimate of drug-likeness (QED) is 0.577. The molecular weight excluding hydrogens is 415 g/mol. The number of carbonyl (C=O) groups is 1. The summed E-state index contributed by atoms with van der Waals surface area (Å²) in [6, 6.07) is 8.63. The number of hydrogen-bond donors (Lipinski definition) is 1. The molecule has 1 amide bonds. The lowest BCUT2D eigenvalue weighted by Crippen LogP contribution is -2.13. The fourth-order valence-corrected chi connectivity index (χ4v) is 3.07. The number of benzene rings is 1. The van der Waals surface area contributed by atoms with Gasteiger partial charge in [0.05, 0.1) is 30.0 Å². The maximum Gasteiger partial charge on any atom is 0.249 e. The highest BCUT2D eigenvalue weighted by Crippen LogP contribution is 2.28. The van der Waals surface area contributed by atoms with E-state index in [0.717, 1.165) is 5.56 Å². The van der Waals surface area contributed by atoms with Crippen molar-refractivity contribution < 1.29 is 14.3 Å². The van der Waals surface area contributed by atoms with Crippen LogP contribution in [0.5, 0.6) is 11.5 Å². The van der Waals surface area contributed by atoms with Crippen molar-refractivity contribution in [3.63, 3.8) is 0 Å². The molecule has 0 fully saturated rings. The second-order valence-corrected chi connectivity index (χ2v) is 6.82. The van der Waals surface area contributed by atoms with Gasteiger partial charge in [0, 0.05) is 18.3 Å². The number of hydrogen-bond acceptors (Lipinski definition) is 5. The number of ether oxygens (including phenoxy) is 2. The number of nitrogens with zero attached hydrogens (tertiary/aromatic N) is 3. The zero-order chi connectivity index (χ0) is 21.0. The van der Waals surface area contributed by atoms with E-state index in [4.69, 9.17) is 32.7 Å². The average Bonchev–Trinajstić information content (AvgIpc) is 3.05. The van der Waals surface area contributed by atoms with E-state index in [1.807, 2.05) is 6.07 Å². The molecule has 0 unspecified atom stereocenters. The molecule has 29 heavy (non-hydrogen) atoms. The van der Waals surface area contributed by atoms with Gasteiger partial charge < -0.3 is 14.8 Å². The molecule has 0 spiro atoms. The minimum atomic E-state index is -0.342. The van der Waals surface area contributed by atoms with E-state index in [9.17, 15) is 4.79 Å². The summed E-state index contributed by atoms with van der Waals surface area (Å²) >= 11 is 12.1. The fraction of sp³-hybridized carbons (Fsp3) is 0.150. The van der Waals surface area contributed by atoms with E-state index in [1.54, 1.807) is 51.5 Å². The standard InChI is InChI=1S/C20H18Cl2N4O3/c1-12-8-18(26(25-12)20-15(22)10-14(21)11-23-20)24-19(27)7-5-13-4-6-16(28-2)17(9-13)29-3/h4-11H,1-3H3,(H,24,27)/b7-5+. The number of halogens is 2. The summed E-state index contributed by atoms with van der Waals surface area (Å²) < 4.78 is 11.9. The fourth-order valence-electron chi connectivity index (χ4n) is 2.61. The van der Waals surface area contributed by atoms with Crippen LogP contribution in [0.2, 0.25) is 10.0 Å². The van der Waals surface area contributed by atoms with Gasteiger partial charge in [0.1, 0.15) is 5.82 Å². The lowest BCUT2D eigenvalue weighted by atomic mass is 10.2. The summed E-state index contributed by atoms with van der Waals surface area (Å²) in [5, 5.41) is 7.85. The lowest BCUT2D eigenvalue weighted by molar-refractivity contribution is -0.111. The Bertz CT molecular complexity index is 1080. The highest BCUT2D eigenvalue weighted by atomic mass is 35.5. The molecule has 0 aliphatic heterocycles. The Morgan fingerprint density at radius 3 is 2.59 bits per heavy atom. The molecule has 2 aromatic heterocycles.